The van der Waals surface area contributed by atoms with Gasteiger partial charge < -0.3 is 5.32 Å². The van der Waals surface area contributed by atoms with Crippen molar-refractivity contribution in [2.75, 3.05) is 6.54 Å². The molecule has 2 unspecified atom stereocenters. The largest absolute Gasteiger partial charge is 0.356 e. The van der Waals surface area contributed by atoms with Crippen molar-refractivity contribution in [3.63, 3.8) is 0 Å². The number of allylic oxidation sites excluding steroid dienone is 1. The smallest absolute Gasteiger partial charge is 0.224 e. The zero-order valence-corrected chi connectivity index (χ0v) is 15.6. The van der Waals surface area contributed by atoms with E-state index >= 15 is 0 Å². The Labute approximate surface area is 148 Å². The molecule has 0 spiro atoms. The molecule has 1 N–H and O–H groups in total. The van der Waals surface area contributed by atoms with Crippen LogP contribution in [0.15, 0.2) is 22.7 Å². The summed E-state index contributed by atoms with van der Waals surface area (Å²) in [4.78, 5) is 16.8. The van der Waals surface area contributed by atoms with Gasteiger partial charge in [-0.3, -0.25) is 9.78 Å². The van der Waals surface area contributed by atoms with Crippen molar-refractivity contribution in [3.8, 4) is 0 Å². The van der Waals surface area contributed by atoms with Crippen LogP contribution >= 0.6 is 23.2 Å². The minimum Gasteiger partial charge on any atom is -0.356 e. The molecular formula is C18H24Cl2N2O. The van der Waals surface area contributed by atoms with E-state index < -0.39 is 0 Å². The van der Waals surface area contributed by atoms with Gasteiger partial charge in [0.25, 0.3) is 0 Å². The summed E-state index contributed by atoms with van der Waals surface area (Å²) in [6, 6.07) is 4.16. The van der Waals surface area contributed by atoms with Gasteiger partial charge in [0.05, 0.1) is 5.92 Å². The molecule has 1 fully saturated rings. The lowest BCUT2D eigenvalue weighted by molar-refractivity contribution is -0.123. The lowest BCUT2D eigenvalue weighted by Crippen LogP contribution is -2.28. The quantitative estimate of drug-likeness (QED) is 0.772. The second kappa shape index (κ2) is 7.23. The third kappa shape index (κ3) is 4.71. The topological polar surface area (TPSA) is 42.0 Å². The first-order chi connectivity index (χ1) is 10.7. The second-order valence-electron chi connectivity index (χ2n) is 6.95. The monoisotopic (exact) mass is 354 g/mol. The van der Waals surface area contributed by atoms with Gasteiger partial charge >= 0.3 is 0 Å². The van der Waals surface area contributed by atoms with Gasteiger partial charge in [-0.15, -0.1) is 0 Å². The van der Waals surface area contributed by atoms with Crippen molar-refractivity contribution in [3.05, 3.63) is 39.7 Å². The average Bonchev–Trinajstić information content (AvgIpc) is 2.94. The molecule has 1 aromatic heterocycles. The Bertz CT molecular complexity index is 601. The Hall–Kier alpha value is -1.06. The summed E-state index contributed by atoms with van der Waals surface area (Å²) in [6.07, 6.45) is 3.52. The Morgan fingerprint density at radius 2 is 2.04 bits per heavy atom. The van der Waals surface area contributed by atoms with Crippen LogP contribution < -0.4 is 5.32 Å². The third-order valence-corrected chi connectivity index (χ3v) is 4.81. The highest BCUT2D eigenvalue weighted by Crippen LogP contribution is 2.59. The van der Waals surface area contributed by atoms with Crippen LogP contribution in [0.25, 0.3) is 0 Å². The normalized spacial score (nSPS) is 21.7. The number of rotatable bonds is 6. The number of aryl methyl sites for hydroxylation is 3. The predicted octanol–water partition coefficient (Wildman–Crippen LogP) is 4.34. The van der Waals surface area contributed by atoms with Gasteiger partial charge in [0.2, 0.25) is 5.91 Å². The highest BCUT2D eigenvalue weighted by molar-refractivity contribution is 6.55. The van der Waals surface area contributed by atoms with Crippen LogP contribution in [0, 0.1) is 31.1 Å². The SMILES string of the molecule is Cc1cc(C)nc(CCCNC(=O)C2C(C=C(Cl)Cl)C2(C)C)c1. The Morgan fingerprint density at radius 1 is 1.35 bits per heavy atom. The van der Waals surface area contributed by atoms with E-state index in [9.17, 15) is 4.79 Å². The molecule has 3 nitrogen and oxygen atoms in total. The van der Waals surface area contributed by atoms with Crippen molar-refractivity contribution >= 4 is 29.1 Å². The maximum Gasteiger partial charge on any atom is 0.224 e. The van der Waals surface area contributed by atoms with Gasteiger partial charge in [-0.25, -0.2) is 0 Å². The minimum absolute atomic E-state index is 0.0469. The first-order valence-corrected chi connectivity index (χ1v) is 8.72. The molecule has 0 bridgehead atoms. The molecule has 0 radical (unpaired) electrons. The van der Waals surface area contributed by atoms with E-state index in [1.165, 1.54) is 5.56 Å². The highest BCUT2D eigenvalue weighted by Gasteiger charge is 2.60. The van der Waals surface area contributed by atoms with Gasteiger partial charge in [0.15, 0.2) is 0 Å². The minimum atomic E-state index is -0.0751. The van der Waals surface area contributed by atoms with E-state index in [0.29, 0.717) is 6.54 Å². The van der Waals surface area contributed by atoms with Crippen molar-refractivity contribution in [2.45, 2.75) is 40.5 Å². The summed E-state index contributed by atoms with van der Waals surface area (Å²) in [6.45, 7) is 8.86. The first kappa shape index (κ1) is 18.3. The van der Waals surface area contributed by atoms with E-state index in [2.05, 4.69) is 43.2 Å². The van der Waals surface area contributed by atoms with Crippen LogP contribution in [0.5, 0.6) is 0 Å². The van der Waals surface area contributed by atoms with Crippen LogP contribution in [0.2, 0.25) is 0 Å². The molecule has 1 aliphatic rings. The number of nitrogens with zero attached hydrogens (tertiary/aromatic N) is 1. The number of amides is 1. The number of pyridine rings is 1. The van der Waals surface area contributed by atoms with Crippen molar-refractivity contribution in [1.82, 2.24) is 10.3 Å². The van der Waals surface area contributed by atoms with E-state index in [0.717, 1.165) is 24.2 Å². The number of hydrogen-bond donors (Lipinski definition) is 1. The highest BCUT2D eigenvalue weighted by atomic mass is 35.5. The standard InChI is InChI=1S/C18H24Cl2N2O/c1-11-8-12(2)22-13(9-11)6-5-7-21-17(23)16-14(10-15(19)20)18(16,3)4/h8-10,14,16H,5-7H2,1-4H3,(H,21,23). The van der Waals surface area contributed by atoms with E-state index in [4.69, 9.17) is 23.2 Å². The molecule has 1 heterocycles. The van der Waals surface area contributed by atoms with Crippen LogP contribution in [-0.2, 0) is 11.2 Å². The fourth-order valence-corrected chi connectivity index (χ4v) is 3.54. The summed E-state index contributed by atoms with van der Waals surface area (Å²) in [5.41, 5.74) is 3.27. The maximum absolute atomic E-state index is 12.3. The predicted molar refractivity (Wildman–Crippen MR) is 95.6 cm³/mol. The van der Waals surface area contributed by atoms with E-state index in [-0.39, 0.29) is 27.6 Å². The molecule has 1 saturated carbocycles. The van der Waals surface area contributed by atoms with E-state index in [1.807, 2.05) is 6.92 Å². The van der Waals surface area contributed by atoms with Gasteiger partial charge in [-0.2, -0.15) is 0 Å². The van der Waals surface area contributed by atoms with Gasteiger partial charge in [0.1, 0.15) is 4.49 Å². The lowest BCUT2D eigenvalue weighted by Gasteiger charge is -2.07. The molecule has 5 heteroatoms. The zero-order valence-electron chi connectivity index (χ0n) is 14.1. The molecule has 2 atom stereocenters. The number of aromatic nitrogens is 1. The van der Waals surface area contributed by atoms with Gasteiger partial charge in [0, 0.05) is 17.9 Å². The fourth-order valence-electron chi connectivity index (χ4n) is 3.27. The van der Waals surface area contributed by atoms with Crippen LogP contribution in [0.3, 0.4) is 0 Å². The molecule has 0 aliphatic heterocycles. The molecule has 1 aliphatic carbocycles. The van der Waals surface area contributed by atoms with Crippen molar-refractivity contribution < 1.29 is 4.79 Å². The molecule has 126 valence electrons. The Balaban J connectivity index is 1.78. The second-order valence-corrected chi connectivity index (χ2v) is 7.96. The summed E-state index contributed by atoms with van der Waals surface area (Å²) in [7, 11) is 0. The number of carbonyl (C=O) groups excluding carboxylic acids is 1. The maximum atomic E-state index is 12.3. The molecule has 0 aromatic carbocycles. The average molecular weight is 355 g/mol. The number of carbonyl (C=O) groups is 1. The first-order valence-electron chi connectivity index (χ1n) is 7.96. The third-order valence-electron chi connectivity index (χ3n) is 4.56. The summed E-state index contributed by atoms with van der Waals surface area (Å²) >= 11 is 11.4. The van der Waals surface area contributed by atoms with Gasteiger partial charge in [-0.1, -0.05) is 37.0 Å². The van der Waals surface area contributed by atoms with Crippen LogP contribution in [-0.4, -0.2) is 17.4 Å². The summed E-state index contributed by atoms with van der Waals surface area (Å²) < 4.78 is 0.235. The summed E-state index contributed by atoms with van der Waals surface area (Å²) in [5.74, 6) is 0.155. The molecule has 23 heavy (non-hydrogen) atoms. The lowest BCUT2D eigenvalue weighted by atomic mass is 10.1. The van der Waals surface area contributed by atoms with Crippen molar-refractivity contribution in [2.24, 2.45) is 17.3 Å². The molecule has 2 rings (SSSR count). The van der Waals surface area contributed by atoms with Gasteiger partial charge in [-0.05, 0) is 61.8 Å². The zero-order chi connectivity index (χ0) is 17.2. The molecular weight excluding hydrogens is 331 g/mol. The Morgan fingerprint density at radius 3 is 2.65 bits per heavy atom. The molecule has 1 aromatic rings. The Kier molecular flexibility index (Phi) is 5.74. The van der Waals surface area contributed by atoms with Crippen LogP contribution in [0.4, 0.5) is 0 Å². The molecule has 1 amide bonds. The number of hydrogen-bond acceptors (Lipinski definition) is 2. The fraction of sp³-hybridized carbons (Fsp3) is 0.556. The number of halogens is 2. The number of nitrogens with one attached hydrogen (secondary N) is 1. The molecule has 0 saturated heterocycles. The van der Waals surface area contributed by atoms with E-state index in [1.54, 1.807) is 6.08 Å². The summed E-state index contributed by atoms with van der Waals surface area (Å²) in [5, 5.41) is 3.02. The van der Waals surface area contributed by atoms with Crippen molar-refractivity contribution in [1.29, 1.82) is 0 Å². The van der Waals surface area contributed by atoms with Crippen LogP contribution in [0.1, 0.15) is 37.2 Å².